The Labute approximate surface area is 146 Å². The molecule has 0 N–H and O–H groups in total. The van der Waals surface area contributed by atoms with Crippen molar-refractivity contribution in [3.63, 3.8) is 0 Å². The largest absolute Gasteiger partial charge is 0.497 e. The Hall–Kier alpha value is -2.41. The predicted molar refractivity (Wildman–Crippen MR) is 90.9 cm³/mol. The fraction of sp³-hybridized carbons (Fsp3) is 0.500. The molecule has 132 valence electrons. The molecule has 1 aliphatic heterocycles. The average molecular weight is 342 g/mol. The molecule has 1 aliphatic carbocycles. The van der Waals surface area contributed by atoms with Crippen molar-refractivity contribution in [2.24, 2.45) is 5.92 Å². The highest BCUT2D eigenvalue weighted by molar-refractivity contribution is 5.81. The van der Waals surface area contributed by atoms with Crippen molar-refractivity contribution in [3.05, 3.63) is 30.2 Å². The summed E-state index contributed by atoms with van der Waals surface area (Å²) in [6, 6.07) is 7.58. The minimum Gasteiger partial charge on any atom is -0.497 e. The zero-order valence-corrected chi connectivity index (χ0v) is 14.4. The Morgan fingerprint density at radius 3 is 2.56 bits per heavy atom. The van der Waals surface area contributed by atoms with E-state index in [2.05, 4.69) is 15.0 Å². The third-order valence-electron chi connectivity index (χ3n) is 4.79. The van der Waals surface area contributed by atoms with Gasteiger partial charge in [0.2, 0.25) is 17.6 Å². The minimum atomic E-state index is 0.301. The number of amides is 1. The van der Waals surface area contributed by atoms with Gasteiger partial charge in [-0.2, -0.15) is 4.98 Å². The first kappa shape index (κ1) is 16.1. The highest BCUT2D eigenvalue weighted by Gasteiger charge is 2.34. The second kappa shape index (κ2) is 6.84. The predicted octanol–water partition coefficient (Wildman–Crippen LogP) is 1.80. The normalized spacial score (nSPS) is 18.4. The third kappa shape index (κ3) is 3.66. The van der Waals surface area contributed by atoms with Crippen LogP contribution in [0.5, 0.6) is 5.75 Å². The van der Waals surface area contributed by atoms with E-state index in [1.165, 1.54) is 0 Å². The summed E-state index contributed by atoms with van der Waals surface area (Å²) in [7, 11) is 1.64. The molecule has 0 radical (unpaired) electrons. The Morgan fingerprint density at radius 1 is 1.20 bits per heavy atom. The van der Waals surface area contributed by atoms with Crippen LogP contribution in [-0.2, 0) is 11.3 Å². The van der Waals surface area contributed by atoms with Gasteiger partial charge < -0.3 is 14.2 Å². The number of aromatic nitrogens is 2. The van der Waals surface area contributed by atoms with E-state index in [1.54, 1.807) is 7.11 Å². The van der Waals surface area contributed by atoms with Gasteiger partial charge in [0.05, 0.1) is 13.7 Å². The SMILES string of the molecule is COc1ccc(-c2noc(CN3CCN(C(=O)C4CC4)CC3)n2)cc1. The van der Waals surface area contributed by atoms with Crippen LogP contribution < -0.4 is 4.74 Å². The summed E-state index contributed by atoms with van der Waals surface area (Å²) in [6.07, 6.45) is 2.13. The minimum absolute atomic E-state index is 0.301. The van der Waals surface area contributed by atoms with Crippen molar-refractivity contribution in [3.8, 4) is 17.1 Å². The van der Waals surface area contributed by atoms with Gasteiger partial charge in [-0.3, -0.25) is 9.69 Å². The number of hydrogen-bond donors (Lipinski definition) is 0. The molecule has 1 aromatic heterocycles. The van der Waals surface area contributed by atoms with Crippen molar-refractivity contribution in [2.45, 2.75) is 19.4 Å². The molecule has 0 bridgehead atoms. The van der Waals surface area contributed by atoms with E-state index in [9.17, 15) is 4.79 Å². The number of carbonyl (C=O) groups excluding carboxylic acids is 1. The highest BCUT2D eigenvalue weighted by Crippen LogP contribution is 2.31. The Balaban J connectivity index is 1.33. The standard InChI is InChI=1S/C18H22N4O3/c1-24-15-6-4-13(5-7-15)17-19-16(25-20-17)12-21-8-10-22(11-9-21)18(23)14-2-3-14/h4-7,14H,2-3,8-12H2,1H3. The topological polar surface area (TPSA) is 71.7 Å². The van der Waals surface area contributed by atoms with E-state index >= 15 is 0 Å². The smallest absolute Gasteiger partial charge is 0.241 e. The lowest BCUT2D eigenvalue weighted by Gasteiger charge is -2.34. The third-order valence-corrected chi connectivity index (χ3v) is 4.79. The number of methoxy groups -OCH3 is 1. The van der Waals surface area contributed by atoms with Crippen LogP contribution >= 0.6 is 0 Å². The number of benzene rings is 1. The van der Waals surface area contributed by atoms with Gasteiger partial charge in [-0.25, -0.2) is 0 Å². The molecule has 2 fully saturated rings. The van der Waals surface area contributed by atoms with E-state index < -0.39 is 0 Å². The van der Waals surface area contributed by atoms with Crippen LogP contribution in [0.25, 0.3) is 11.4 Å². The summed E-state index contributed by atoms with van der Waals surface area (Å²) in [5.74, 6) is 2.62. The van der Waals surface area contributed by atoms with Crippen LogP contribution in [-0.4, -0.2) is 59.1 Å². The zero-order chi connectivity index (χ0) is 17.2. The molecule has 1 saturated heterocycles. The molecule has 4 rings (SSSR count). The summed E-state index contributed by atoms with van der Waals surface area (Å²) in [6.45, 7) is 3.88. The Morgan fingerprint density at radius 2 is 1.92 bits per heavy atom. The number of nitrogens with zero attached hydrogens (tertiary/aromatic N) is 4. The van der Waals surface area contributed by atoms with Crippen molar-refractivity contribution >= 4 is 5.91 Å². The van der Waals surface area contributed by atoms with Gasteiger partial charge in [0, 0.05) is 37.7 Å². The van der Waals surface area contributed by atoms with E-state index in [0.29, 0.717) is 30.1 Å². The van der Waals surface area contributed by atoms with Crippen molar-refractivity contribution in [2.75, 3.05) is 33.3 Å². The maximum atomic E-state index is 12.1. The molecule has 2 aromatic rings. The fourth-order valence-electron chi connectivity index (χ4n) is 3.08. The van der Waals surface area contributed by atoms with E-state index in [-0.39, 0.29) is 0 Å². The highest BCUT2D eigenvalue weighted by atomic mass is 16.5. The summed E-state index contributed by atoms with van der Waals surface area (Å²) < 4.78 is 10.5. The van der Waals surface area contributed by atoms with Crippen LogP contribution in [0.2, 0.25) is 0 Å². The van der Waals surface area contributed by atoms with Crippen LogP contribution in [0.15, 0.2) is 28.8 Å². The lowest BCUT2D eigenvalue weighted by Crippen LogP contribution is -2.48. The molecule has 1 amide bonds. The Kier molecular flexibility index (Phi) is 4.40. The van der Waals surface area contributed by atoms with Crippen molar-refractivity contribution in [1.29, 1.82) is 0 Å². The molecule has 1 aromatic carbocycles. The maximum Gasteiger partial charge on any atom is 0.241 e. The molecule has 0 atom stereocenters. The molecule has 0 spiro atoms. The number of piperazine rings is 1. The lowest BCUT2D eigenvalue weighted by molar-refractivity contribution is -0.134. The molecule has 1 saturated carbocycles. The number of ether oxygens (including phenoxy) is 1. The summed E-state index contributed by atoms with van der Waals surface area (Å²) in [5.41, 5.74) is 0.899. The quantitative estimate of drug-likeness (QED) is 0.825. The van der Waals surface area contributed by atoms with Crippen LogP contribution in [0.4, 0.5) is 0 Å². The summed E-state index contributed by atoms with van der Waals surface area (Å²) in [4.78, 5) is 20.8. The van der Waals surface area contributed by atoms with E-state index in [4.69, 9.17) is 9.26 Å². The average Bonchev–Trinajstić information content (AvgIpc) is 3.41. The van der Waals surface area contributed by atoms with Crippen LogP contribution in [0.3, 0.4) is 0 Å². The van der Waals surface area contributed by atoms with Crippen molar-refractivity contribution in [1.82, 2.24) is 19.9 Å². The Bertz CT molecular complexity index is 731. The van der Waals surface area contributed by atoms with Crippen LogP contribution in [0, 0.1) is 5.92 Å². The fourth-order valence-corrected chi connectivity index (χ4v) is 3.08. The molecule has 7 nitrogen and oxygen atoms in total. The molecule has 0 unspecified atom stereocenters. The lowest BCUT2D eigenvalue weighted by atomic mass is 10.2. The first-order chi connectivity index (χ1) is 12.2. The van der Waals surface area contributed by atoms with Gasteiger partial charge in [0.25, 0.3) is 0 Å². The summed E-state index contributed by atoms with van der Waals surface area (Å²) >= 11 is 0. The molecule has 7 heteroatoms. The number of carbonyl (C=O) groups is 1. The summed E-state index contributed by atoms with van der Waals surface area (Å²) in [5, 5.41) is 4.06. The van der Waals surface area contributed by atoms with Gasteiger partial charge >= 0.3 is 0 Å². The van der Waals surface area contributed by atoms with Gasteiger partial charge in [-0.1, -0.05) is 5.16 Å². The number of hydrogen-bond acceptors (Lipinski definition) is 6. The second-order valence-electron chi connectivity index (χ2n) is 6.62. The molecule has 2 heterocycles. The second-order valence-corrected chi connectivity index (χ2v) is 6.62. The van der Waals surface area contributed by atoms with E-state index in [0.717, 1.165) is 50.3 Å². The van der Waals surface area contributed by atoms with Crippen LogP contribution in [0.1, 0.15) is 18.7 Å². The molecular weight excluding hydrogens is 320 g/mol. The van der Waals surface area contributed by atoms with E-state index in [1.807, 2.05) is 29.2 Å². The molecule has 25 heavy (non-hydrogen) atoms. The number of rotatable bonds is 5. The van der Waals surface area contributed by atoms with Gasteiger partial charge in [-0.05, 0) is 37.1 Å². The van der Waals surface area contributed by atoms with Gasteiger partial charge in [-0.15, -0.1) is 0 Å². The van der Waals surface area contributed by atoms with Crippen molar-refractivity contribution < 1.29 is 14.1 Å². The monoisotopic (exact) mass is 342 g/mol. The maximum absolute atomic E-state index is 12.1. The van der Waals surface area contributed by atoms with Gasteiger partial charge in [0.15, 0.2) is 0 Å². The zero-order valence-electron chi connectivity index (χ0n) is 14.4. The van der Waals surface area contributed by atoms with Gasteiger partial charge in [0.1, 0.15) is 5.75 Å². The first-order valence-corrected chi connectivity index (χ1v) is 8.71. The molecule has 2 aliphatic rings. The molecular formula is C18H22N4O3. The first-order valence-electron chi connectivity index (χ1n) is 8.71.